The molecule has 0 radical (unpaired) electrons. The lowest BCUT2D eigenvalue weighted by atomic mass is 10.0. The Kier molecular flexibility index (Phi) is 5.09. The van der Waals surface area contributed by atoms with Crippen molar-refractivity contribution in [1.29, 1.82) is 0 Å². The van der Waals surface area contributed by atoms with Gasteiger partial charge in [0.25, 0.3) is 0 Å². The maximum atomic E-state index is 12.7. The molecule has 7 heteroatoms. The number of sulfonamides is 1. The third-order valence-electron chi connectivity index (χ3n) is 4.70. The van der Waals surface area contributed by atoms with E-state index in [1.54, 1.807) is 18.2 Å². The minimum Gasteiger partial charge on any atom is -0.392 e. The van der Waals surface area contributed by atoms with E-state index < -0.39 is 10.0 Å². The molecule has 0 saturated heterocycles. The van der Waals surface area contributed by atoms with E-state index in [0.29, 0.717) is 9.23 Å². The van der Waals surface area contributed by atoms with Gasteiger partial charge in [0.05, 0.1) is 6.61 Å². The van der Waals surface area contributed by atoms with Crippen LogP contribution in [0.4, 0.5) is 0 Å². The Hall–Kier alpha value is -1.70. The predicted molar refractivity (Wildman–Crippen MR) is 109 cm³/mol. The Morgan fingerprint density at radius 2 is 1.81 bits per heavy atom. The summed E-state index contributed by atoms with van der Waals surface area (Å²) in [5, 5.41) is 10.1. The van der Waals surface area contributed by atoms with Gasteiger partial charge >= 0.3 is 0 Å². The second-order valence-electron chi connectivity index (χ2n) is 6.55. The minimum absolute atomic E-state index is 0.0402. The fourth-order valence-electron chi connectivity index (χ4n) is 3.20. The van der Waals surface area contributed by atoms with Crippen molar-refractivity contribution < 1.29 is 13.5 Å². The van der Waals surface area contributed by atoms with Crippen molar-refractivity contribution >= 4 is 33.0 Å². The molecule has 2 aromatic carbocycles. The van der Waals surface area contributed by atoms with E-state index in [1.807, 2.05) is 42.5 Å². The smallest absolute Gasteiger partial charge is 0.250 e. The van der Waals surface area contributed by atoms with Crippen molar-refractivity contribution in [3.63, 3.8) is 0 Å². The first-order valence-corrected chi connectivity index (χ1v) is 11.2. The Balaban J connectivity index is 1.49. The lowest BCUT2D eigenvalue weighted by molar-refractivity contribution is 0.280. The van der Waals surface area contributed by atoms with Gasteiger partial charge < -0.3 is 5.11 Å². The lowest BCUT2D eigenvalue weighted by Crippen LogP contribution is -2.26. The van der Waals surface area contributed by atoms with Crippen molar-refractivity contribution in [3.05, 3.63) is 76.8 Å². The molecule has 1 aliphatic rings. The topological polar surface area (TPSA) is 66.4 Å². The van der Waals surface area contributed by atoms with Crippen molar-refractivity contribution in [1.82, 2.24) is 4.72 Å². The highest BCUT2D eigenvalue weighted by Gasteiger charge is 2.42. The van der Waals surface area contributed by atoms with E-state index in [2.05, 4.69) is 4.72 Å². The molecule has 0 aliphatic heterocycles. The average molecular weight is 420 g/mol. The summed E-state index contributed by atoms with van der Waals surface area (Å²) in [6.07, 6.45) is 0.742. The van der Waals surface area contributed by atoms with E-state index in [9.17, 15) is 13.5 Å². The van der Waals surface area contributed by atoms with Crippen LogP contribution in [-0.2, 0) is 16.6 Å². The molecule has 1 saturated carbocycles. The SMILES string of the molecule is O=S(=O)(N[C@H]1C[C@@H]1c1ccccc1CO)c1ccc(-c2ccc(Cl)cc2)s1. The van der Waals surface area contributed by atoms with Crippen LogP contribution in [0.25, 0.3) is 10.4 Å². The average Bonchev–Trinajstić information content (AvgIpc) is 3.21. The first-order chi connectivity index (χ1) is 13.0. The molecule has 4 nitrogen and oxygen atoms in total. The van der Waals surface area contributed by atoms with Crippen molar-refractivity contribution in [2.75, 3.05) is 0 Å². The van der Waals surface area contributed by atoms with Crippen LogP contribution in [0, 0.1) is 0 Å². The van der Waals surface area contributed by atoms with Gasteiger partial charge in [0, 0.05) is 21.9 Å². The normalized spacial score (nSPS) is 19.2. The van der Waals surface area contributed by atoms with E-state index in [0.717, 1.165) is 28.0 Å². The molecule has 0 amide bonds. The molecule has 0 spiro atoms. The molecular weight excluding hydrogens is 402 g/mol. The highest BCUT2D eigenvalue weighted by Crippen LogP contribution is 2.43. The molecule has 27 heavy (non-hydrogen) atoms. The minimum atomic E-state index is -3.57. The number of halogens is 1. The van der Waals surface area contributed by atoms with E-state index in [4.69, 9.17) is 11.6 Å². The van der Waals surface area contributed by atoms with Gasteiger partial charge in [0.2, 0.25) is 10.0 Å². The molecule has 0 bridgehead atoms. The van der Waals surface area contributed by atoms with E-state index in [1.165, 1.54) is 11.3 Å². The monoisotopic (exact) mass is 419 g/mol. The molecule has 1 aliphatic carbocycles. The van der Waals surface area contributed by atoms with Crippen LogP contribution in [0.15, 0.2) is 64.9 Å². The van der Waals surface area contributed by atoms with Crippen LogP contribution < -0.4 is 4.72 Å². The van der Waals surface area contributed by atoms with Gasteiger partial charge in [-0.05, 0) is 47.4 Å². The summed E-state index contributed by atoms with van der Waals surface area (Å²) in [4.78, 5) is 0.880. The molecule has 3 aromatic rings. The predicted octanol–water partition coefficient (Wildman–Crippen LogP) is 4.40. The van der Waals surface area contributed by atoms with Crippen LogP contribution in [0.5, 0.6) is 0 Å². The van der Waals surface area contributed by atoms with Gasteiger partial charge in [-0.25, -0.2) is 13.1 Å². The summed E-state index contributed by atoms with van der Waals surface area (Å²) in [5.74, 6) is 0.110. The van der Waals surface area contributed by atoms with Crippen molar-refractivity contribution in [2.24, 2.45) is 0 Å². The highest BCUT2D eigenvalue weighted by atomic mass is 35.5. The summed E-state index contributed by atoms with van der Waals surface area (Å²) < 4.78 is 28.6. The first kappa shape index (κ1) is 18.7. The van der Waals surface area contributed by atoms with Gasteiger partial charge in [-0.3, -0.25) is 0 Å². The molecule has 0 unspecified atom stereocenters. The van der Waals surface area contributed by atoms with Gasteiger partial charge in [-0.15, -0.1) is 11.3 Å². The number of benzene rings is 2. The number of nitrogens with one attached hydrogen (secondary N) is 1. The summed E-state index contributed by atoms with van der Waals surface area (Å²) >= 11 is 7.15. The fourth-order valence-corrected chi connectivity index (χ4v) is 5.94. The zero-order chi connectivity index (χ0) is 19.0. The van der Waals surface area contributed by atoms with Crippen LogP contribution in [-0.4, -0.2) is 19.6 Å². The maximum Gasteiger partial charge on any atom is 0.250 e. The van der Waals surface area contributed by atoms with Gasteiger partial charge in [-0.1, -0.05) is 48.0 Å². The summed E-state index contributed by atoms with van der Waals surface area (Å²) in [5.41, 5.74) is 2.80. The van der Waals surface area contributed by atoms with Gasteiger partial charge in [0.15, 0.2) is 0 Å². The standard InChI is InChI=1S/C20H18ClNO3S2/c21-15-7-5-13(6-8-15)19-9-10-20(26-19)27(24,25)22-18-11-17(18)16-4-2-1-3-14(16)12-23/h1-10,17-18,22-23H,11-12H2/t17-,18+/m1/s1. The molecule has 2 atom stereocenters. The molecule has 4 rings (SSSR count). The summed E-state index contributed by atoms with van der Waals surface area (Å²) in [6, 6.07) is 18.3. The van der Waals surface area contributed by atoms with Crippen molar-refractivity contribution in [3.8, 4) is 10.4 Å². The molecule has 2 N–H and O–H groups in total. The molecule has 1 aromatic heterocycles. The maximum absolute atomic E-state index is 12.7. The molecule has 140 valence electrons. The van der Waals surface area contributed by atoms with Crippen LogP contribution in [0.1, 0.15) is 23.5 Å². The first-order valence-electron chi connectivity index (χ1n) is 8.55. The van der Waals surface area contributed by atoms with E-state index in [-0.39, 0.29) is 18.6 Å². The van der Waals surface area contributed by atoms with Crippen LogP contribution >= 0.6 is 22.9 Å². The fraction of sp³-hybridized carbons (Fsp3) is 0.200. The third kappa shape index (κ3) is 3.95. The van der Waals surface area contributed by atoms with E-state index >= 15 is 0 Å². The number of hydrogen-bond donors (Lipinski definition) is 2. The number of thiophene rings is 1. The zero-order valence-electron chi connectivity index (χ0n) is 14.3. The number of aliphatic hydroxyl groups excluding tert-OH is 1. The Morgan fingerprint density at radius 1 is 1.07 bits per heavy atom. The Labute approximate surface area is 167 Å². The largest absolute Gasteiger partial charge is 0.392 e. The second kappa shape index (κ2) is 7.37. The Bertz CT molecular complexity index is 1060. The highest BCUT2D eigenvalue weighted by molar-refractivity contribution is 7.91. The number of rotatable bonds is 6. The number of aliphatic hydroxyl groups is 1. The van der Waals surface area contributed by atoms with Gasteiger partial charge in [-0.2, -0.15) is 0 Å². The Morgan fingerprint density at radius 3 is 2.56 bits per heavy atom. The van der Waals surface area contributed by atoms with Crippen molar-refractivity contribution in [2.45, 2.75) is 29.2 Å². The molecule has 1 fully saturated rings. The summed E-state index contributed by atoms with van der Waals surface area (Å²) in [7, 11) is -3.57. The zero-order valence-corrected chi connectivity index (χ0v) is 16.7. The second-order valence-corrected chi connectivity index (χ2v) is 10.0. The third-order valence-corrected chi connectivity index (χ3v) is 8.06. The lowest BCUT2D eigenvalue weighted by Gasteiger charge is -2.08. The summed E-state index contributed by atoms with van der Waals surface area (Å²) in [6.45, 7) is -0.0402. The molecular formula is C20H18ClNO3S2. The molecule has 1 heterocycles. The quantitative estimate of drug-likeness (QED) is 0.622. The van der Waals surface area contributed by atoms with Gasteiger partial charge in [0.1, 0.15) is 4.21 Å². The number of hydrogen-bond acceptors (Lipinski definition) is 4. The van der Waals surface area contributed by atoms with Crippen LogP contribution in [0.2, 0.25) is 5.02 Å². The van der Waals surface area contributed by atoms with Crippen LogP contribution in [0.3, 0.4) is 0 Å².